The van der Waals surface area contributed by atoms with Gasteiger partial charge in [0.2, 0.25) is 0 Å². The van der Waals surface area contributed by atoms with Crippen LogP contribution in [0.2, 0.25) is 0 Å². The standard InChI is InChI=1S/C20H16BrN5O2/c1-12-18(20(27)23-15-4-3-5-16(10-15)28-2)24-25-19-17(11-22-26(12)19)13-6-8-14(21)9-7-13/h3-11H,1-2H3,(H,23,27). The van der Waals surface area contributed by atoms with Crippen molar-refractivity contribution >= 4 is 33.2 Å². The van der Waals surface area contributed by atoms with Crippen LogP contribution in [0.1, 0.15) is 16.2 Å². The number of carbonyl (C=O) groups excluding carboxylic acids is 1. The van der Waals surface area contributed by atoms with Crippen LogP contribution in [0.3, 0.4) is 0 Å². The molecular formula is C20H16BrN5O2. The molecule has 0 bridgehead atoms. The molecule has 0 saturated heterocycles. The average molecular weight is 438 g/mol. The molecule has 0 aliphatic carbocycles. The SMILES string of the molecule is COc1cccc(NC(=O)c2nnc3c(-c4ccc(Br)cc4)cnn3c2C)c1. The summed E-state index contributed by atoms with van der Waals surface area (Å²) in [6, 6.07) is 15.0. The second kappa shape index (κ2) is 7.40. The molecule has 0 aliphatic heterocycles. The van der Waals surface area contributed by atoms with E-state index in [0.29, 0.717) is 22.8 Å². The highest BCUT2D eigenvalue weighted by atomic mass is 79.9. The Kier molecular flexibility index (Phi) is 4.79. The maximum Gasteiger partial charge on any atom is 0.278 e. The second-order valence-electron chi connectivity index (χ2n) is 6.12. The molecule has 7 nitrogen and oxygen atoms in total. The molecule has 1 N–H and O–H groups in total. The molecule has 0 atom stereocenters. The second-order valence-corrected chi connectivity index (χ2v) is 7.04. The predicted octanol–water partition coefficient (Wildman–Crippen LogP) is 4.12. The van der Waals surface area contributed by atoms with Crippen molar-refractivity contribution in [3.63, 3.8) is 0 Å². The van der Waals surface area contributed by atoms with Gasteiger partial charge in [-0.1, -0.05) is 34.1 Å². The summed E-state index contributed by atoms with van der Waals surface area (Å²) in [5.41, 5.74) is 3.84. The molecule has 0 unspecified atom stereocenters. The Bertz CT molecular complexity index is 1170. The Labute approximate surface area is 169 Å². The van der Waals surface area contributed by atoms with Crippen LogP contribution >= 0.6 is 15.9 Å². The third-order valence-corrected chi connectivity index (χ3v) is 4.88. The molecular weight excluding hydrogens is 422 g/mol. The van der Waals surface area contributed by atoms with Crippen LogP contribution in [-0.4, -0.2) is 32.8 Å². The molecule has 2 aromatic carbocycles. The van der Waals surface area contributed by atoms with Crippen molar-refractivity contribution in [1.29, 1.82) is 0 Å². The molecule has 140 valence electrons. The number of amides is 1. The van der Waals surface area contributed by atoms with E-state index < -0.39 is 0 Å². The third kappa shape index (κ3) is 3.34. The van der Waals surface area contributed by atoms with Crippen molar-refractivity contribution in [2.75, 3.05) is 12.4 Å². The molecule has 4 rings (SSSR count). The first-order valence-corrected chi connectivity index (χ1v) is 9.28. The number of hydrogen-bond acceptors (Lipinski definition) is 5. The van der Waals surface area contributed by atoms with Crippen LogP contribution in [0, 0.1) is 6.92 Å². The lowest BCUT2D eigenvalue weighted by Gasteiger charge is -2.09. The highest BCUT2D eigenvalue weighted by Crippen LogP contribution is 2.25. The Morgan fingerprint density at radius 2 is 1.93 bits per heavy atom. The summed E-state index contributed by atoms with van der Waals surface area (Å²) in [6.45, 7) is 1.79. The van der Waals surface area contributed by atoms with Gasteiger partial charge in [-0.25, -0.2) is 4.52 Å². The van der Waals surface area contributed by atoms with E-state index in [1.54, 1.807) is 49.0 Å². The van der Waals surface area contributed by atoms with Gasteiger partial charge >= 0.3 is 0 Å². The number of fused-ring (bicyclic) bond motifs is 1. The zero-order valence-electron chi connectivity index (χ0n) is 15.2. The van der Waals surface area contributed by atoms with Gasteiger partial charge in [0, 0.05) is 21.8 Å². The summed E-state index contributed by atoms with van der Waals surface area (Å²) in [7, 11) is 1.57. The van der Waals surface area contributed by atoms with Gasteiger partial charge in [0.15, 0.2) is 11.3 Å². The lowest BCUT2D eigenvalue weighted by molar-refractivity contribution is 0.102. The maximum atomic E-state index is 12.7. The summed E-state index contributed by atoms with van der Waals surface area (Å²) in [4.78, 5) is 12.7. The maximum absolute atomic E-state index is 12.7. The van der Waals surface area contributed by atoms with E-state index in [0.717, 1.165) is 15.6 Å². The van der Waals surface area contributed by atoms with Gasteiger partial charge in [-0.05, 0) is 36.8 Å². The van der Waals surface area contributed by atoms with E-state index in [9.17, 15) is 4.79 Å². The number of rotatable bonds is 4. The monoisotopic (exact) mass is 437 g/mol. The first-order valence-electron chi connectivity index (χ1n) is 8.49. The molecule has 28 heavy (non-hydrogen) atoms. The Hall–Kier alpha value is -3.26. The summed E-state index contributed by atoms with van der Waals surface area (Å²) < 4.78 is 7.80. The quantitative estimate of drug-likeness (QED) is 0.519. The summed E-state index contributed by atoms with van der Waals surface area (Å²) in [6.07, 6.45) is 1.73. The number of halogens is 1. The van der Waals surface area contributed by atoms with Gasteiger partial charge in [0.25, 0.3) is 5.91 Å². The first kappa shape index (κ1) is 18.1. The lowest BCUT2D eigenvalue weighted by Crippen LogP contribution is -2.18. The number of anilines is 1. The van der Waals surface area contributed by atoms with E-state index in [1.165, 1.54) is 0 Å². The number of hydrogen-bond donors (Lipinski definition) is 1. The molecule has 0 radical (unpaired) electrons. The summed E-state index contributed by atoms with van der Waals surface area (Å²) in [5, 5.41) is 15.6. The smallest absolute Gasteiger partial charge is 0.278 e. The average Bonchev–Trinajstić information content (AvgIpc) is 3.14. The highest BCUT2D eigenvalue weighted by molar-refractivity contribution is 9.10. The van der Waals surface area contributed by atoms with Gasteiger partial charge < -0.3 is 10.1 Å². The Morgan fingerprint density at radius 1 is 1.14 bits per heavy atom. The van der Waals surface area contributed by atoms with Crippen molar-refractivity contribution in [2.24, 2.45) is 0 Å². The van der Waals surface area contributed by atoms with Crippen LogP contribution in [0.25, 0.3) is 16.8 Å². The number of nitrogens with zero attached hydrogens (tertiary/aromatic N) is 4. The fraction of sp³-hybridized carbons (Fsp3) is 0.100. The Morgan fingerprint density at radius 3 is 2.68 bits per heavy atom. The number of benzene rings is 2. The van der Waals surface area contributed by atoms with Crippen molar-refractivity contribution < 1.29 is 9.53 Å². The van der Waals surface area contributed by atoms with Crippen LogP contribution in [0.4, 0.5) is 5.69 Å². The molecule has 2 heterocycles. The van der Waals surface area contributed by atoms with E-state index in [1.807, 2.05) is 24.3 Å². The molecule has 0 saturated carbocycles. The van der Waals surface area contributed by atoms with Crippen molar-refractivity contribution in [2.45, 2.75) is 6.92 Å². The van der Waals surface area contributed by atoms with Gasteiger partial charge in [0.05, 0.1) is 19.0 Å². The van der Waals surface area contributed by atoms with E-state index >= 15 is 0 Å². The minimum Gasteiger partial charge on any atom is -0.497 e. The zero-order chi connectivity index (χ0) is 19.7. The molecule has 4 aromatic rings. The van der Waals surface area contributed by atoms with Crippen molar-refractivity contribution in [3.05, 3.63) is 70.6 Å². The van der Waals surface area contributed by atoms with E-state index in [4.69, 9.17) is 4.74 Å². The number of carbonyl (C=O) groups is 1. The van der Waals surface area contributed by atoms with E-state index in [2.05, 4.69) is 36.5 Å². The van der Waals surface area contributed by atoms with Crippen LogP contribution in [-0.2, 0) is 0 Å². The topological polar surface area (TPSA) is 81.4 Å². The number of aromatic nitrogens is 4. The number of ether oxygens (including phenoxy) is 1. The minimum absolute atomic E-state index is 0.209. The molecule has 8 heteroatoms. The molecule has 0 aliphatic rings. The minimum atomic E-state index is -0.360. The predicted molar refractivity (Wildman–Crippen MR) is 110 cm³/mol. The van der Waals surface area contributed by atoms with Crippen LogP contribution < -0.4 is 10.1 Å². The lowest BCUT2D eigenvalue weighted by atomic mass is 10.1. The molecule has 1 amide bonds. The first-order chi connectivity index (χ1) is 13.6. The summed E-state index contributed by atoms with van der Waals surface area (Å²) >= 11 is 3.43. The highest BCUT2D eigenvalue weighted by Gasteiger charge is 2.18. The largest absolute Gasteiger partial charge is 0.497 e. The zero-order valence-corrected chi connectivity index (χ0v) is 16.8. The Balaban J connectivity index is 1.68. The van der Waals surface area contributed by atoms with Gasteiger partial charge in [-0.2, -0.15) is 5.10 Å². The fourth-order valence-corrected chi connectivity index (χ4v) is 3.15. The normalized spacial score (nSPS) is 10.8. The molecule has 0 spiro atoms. The molecule has 0 fully saturated rings. The summed E-state index contributed by atoms with van der Waals surface area (Å²) in [5.74, 6) is 0.295. The van der Waals surface area contributed by atoms with E-state index in [-0.39, 0.29) is 11.6 Å². The van der Waals surface area contributed by atoms with Crippen molar-refractivity contribution in [3.8, 4) is 16.9 Å². The van der Waals surface area contributed by atoms with Gasteiger partial charge in [-0.15, -0.1) is 10.2 Å². The van der Waals surface area contributed by atoms with Gasteiger partial charge in [-0.3, -0.25) is 4.79 Å². The van der Waals surface area contributed by atoms with Crippen LogP contribution in [0.5, 0.6) is 5.75 Å². The van der Waals surface area contributed by atoms with Crippen LogP contribution in [0.15, 0.2) is 59.2 Å². The fourth-order valence-electron chi connectivity index (χ4n) is 2.89. The van der Waals surface area contributed by atoms with Gasteiger partial charge in [0.1, 0.15) is 5.75 Å². The number of aryl methyl sites for hydroxylation is 1. The molecule has 2 aromatic heterocycles. The number of methoxy groups -OCH3 is 1. The number of nitrogens with one attached hydrogen (secondary N) is 1. The third-order valence-electron chi connectivity index (χ3n) is 4.35. The van der Waals surface area contributed by atoms with Crippen molar-refractivity contribution in [1.82, 2.24) is 19.8 Å².